The van der Waals surface area contributed by atoms with Gasteiger partial charge in [0.25, 0.3) is 0 Å². The summed E-state index contributed by atoms with van der Waals surface area (Å²) >= 11 is 0. The van der Waals surface area contributed by atoms with E-state index in [2.05, 4.69) is 33.0 Å². The summed E-state index contributed by atoms with van der Waals surface area (Å²) in [6.45, 7) is 5.23. The molecule has 2 fully saturated rings. The van der Waals surface area contributed by atoms with Crippen molar-refractivity contribution in [3.05, 3.63) is 30.2 Å². The molecule has 4 heterocycles. The van der Waals surface area contributed by atoms with Crippen LogP contribution in [0, 0.1) is 23.2 Å². The Bertz CT molecular complexity index is 1170. The van der Waals surface area contributed by atoms with Gasteiger partial charge in [0.15, 0.2) is 0 Å². The first kappa shape index (κ1) is 20.6. The summed E-state index contributed by atoms with van der Waals surface area (Å²) in [6.07, 6.45) is 9.80. The number of nitrogens with one attached hydrogen (secondary N) is 1. The number of nitrogens with zero attached hydrogens (tertiary/aromatic N) is 6. The molecular weight excluding hydrogens is 402 g/mol. The minimum absolute atomic E-state index is 0.197. The van der Waals surface area contributed by atoms with Gasteiger partial charge in [0.1, 0.15) is 11.7 Å². The number of nitriles is 1. The zero-order valence-corrected chi connectivity index (χ0v) is 18.7. The average molecular weight is 432 g/mol. The predicted molar refractivity (Wildman–Crippen MR) is 123 cm³/mol. The van der Waals surface area contributed by atoms with Crippen molar-refractivity contribution in [3.63, 3.8) is 0 Å². The molecule has 1 saturated carbocycles. The average Bonchev–Trinajstić information content (AvgIpc) is 3.42. The van der Waals surface area contributed by atoms with Gasteiger partial charge >= 0.3 is 0 Å². The zero-order valence-electron chi connectivity index (χ0n) is 18.7. The van der Waals surface area contributed by atoms with Crippen LogP contribution in [0.25, 0.3) is 22.3 Å². The first-order valence-electron chi connectivity index (χ1n) is 11.5. The molecule has 1 amide bonds. The highest BCUT2D eigenvalue weighted by Gasteiger charge is 2.31. The maximum Gasteiger partial charge on any atom is 0.225 e. The van der Waals surface area contributed by atoms with E-state index < -0.39 is 0 Å². The van der Waals surface area contributed by atoms with Gasteiger partial charge in [-0.1, -0.05) is 6.92 Å². The molecule has 32 heavy (non-hydrogen) atoms. The molecule has 1 saturated heterocycles. The third-order valence-corrected chi connectivity index (χ3v) is 7.07. The standard InChI is InChI=1S/C24H29N7O/c1-16-3-5-17(6-4-16)24(32)31-11-9-30(10-12-31)20-7-8-26-23-21(20)19(13-25)22(28-23)18-14-27-29(2)15-18/h7-8,14-17H,3-6,9-12H2,1-2H3,(H,26,28). The molecule has 3 aromatic heterocycles. The fourth-order valence-corrected chi connectivity index (χ4v) is 5.17. The highest BCUT2D eigenvalue weighted by Crippen LogP contribution is 2.35. The lowest BCUT2D eigenvalue weighted by molar-refractivity contribution is -0.137. The normalized spacial score (nSPS) is 21.7. The number of carbonyl (C=O) groups is 1. The molecule has 0 radical (unpaired) electrons. The van der Waals surface area contributed by atoms with Gasteiger partial charge < -0.3 is 14.8 Å². The minimum Gasteiger partial charge on any atom is -0.367 e. The van der Waals surface area contributed by atoms with Crippen LogP contribution in [0.2, 0.25) is 0 Å². The van der Waals surface area contributed by atoms with E-state index in [1.165, 1.54) is 0 Å². The second-order valence-corrected chi connectivity index (χ2v) is 9.21. The van der Waals surface area contributed by atoms with Crippen LogP contribution in [0.5, 0.6) is 0 Å². The maximum atomic E-state index is 13.0. The Morgan fingerprint density at radius 3 is 2.59 bits per heavy atom. The van der Waals surface area contributed by atoms with Crippen molar-refractivity contribution in [3.8, 4) is 17.3 Å². The Morgan fingerprint density at radius 1 is 1.19 bits per heavy atom. The van der Waals surface area contributed by atoms with Crippen LogP contribution in [-0.2, 0) is 11.8 Å². The number of amides is 1. The Balaban J connectivity index is 1.37. The van der Waals surface area contributed by atoms with Crippen molar-refractivity contribution in [1.82, 2.24) is 24.6 Å². The first-order valence-corrected chi connectivity index (χ1v) is 11.5. The number of aromatic nitrogens is 4. The van der Waals surface area contributed by atoms with Gasteiger partial charge in [-0.05, 0) is 37.7 Å². The second-order valence-electron chi connectivity index (χ2n) is 9.21. The Labute approximate surface area is 187 Å². The molecule has 0 bridgehead atoms. The quantitative estimate of drug-likeness (QED) is 0.687. The minimum atomic E-state index is 0.197. The number of pyridine rings is 1. The number of carbonyl (C=O) groups excluding carboxylic acids is 1. The number of piperazine rings is 1. The summed E-state index contributed by atoms with van der Waals surface area (Å²) in [7, 11) is 1.86. The molecule has 5 rings (SSSR count). The van der Waals surface area contributed by atoms with E-state index in [1.807, 2.05) is 24.2 Å². The van der Waals surface area contributed by atoms with Gasteiger partial charge in [-0.15, -0.1) is 0 Å². The number of aromatic amines is 1. The summed E-state index contributed by atoms with van der Waals surface area (Å²) in [5, 5.41) is 15.1. The van der Waals surface area contributed by atoms with Crippen molar-refractivity contribution in [1.29, 1.82) is 5.26 Å². The molecule has 0 unspecified atom stereocenters. The van der Waals surface area contributed by atoms with Crippen molar-refractivity contribution in [2.24, 2.45) is 18.9 Å². The molecule has 3 aromatic rings. The van der Waals surface area contributed by atoms with E-state index in [9.17, 15) is 10.1 Å². The lowest BCUT2D eigenvalue weighted by atomic mass is 9.82. The summed E-state index contributed by atoms with van der Waals surface area (Å²) in [6, 6.07) is 4.36. The molecule has 8 heteroatoms. The molecule has 1 aliphatic heterocycles. The maximum absolute atomic E-state index is 13.0. The van der Waals surface area contributed by atoms with E-state index in [4.69, 9.17) is 0 Å². The van der Waals surface area contributed by atoms with Gasteiger partial charge in [0.05, 0.1) is 28.5 Å². The van der Waals surface area contributed by atoms with Crippen molar-refractivity contribution < 1.29 is 4.79 Å². The summed E-state index contributed by atoms with van der Waals surface area (Å²) in [5.41, 5.74) is 3.90. The van der Waals surface area contributed by atoms with E-state index in [0.717, 1.165) is 80.1 Å². The first-order chi connectivity index (χ1) is 15.5. The number of hydrogen-bond acceptors (Lipinski definition) is 5. The van der Waals surface area contributed by atoms with Gasteiger partial charge in [-0.25, -0.2) is 4.98 Å². The van der Waals surface area contributed by atoms with Gasteiger partial charge in [-0.3, -0.25) is 9.48 Å². The van der Waals surface area contributed by atoms with E-state index in [-0.39, 0.29) is 5.92 Å². The number of anilines is 1. The van der Waals surface area contributed by atoms with Crippen LogP contribution in [0.1, 0.15) is 38.2 Å². The van der Waals surface area contributed by atoms with Gasteiger partial charge in [0, 0.05) is 57.1 Å². The largest absolute Gasteiger partial charge is 0.367 e. The third-order valence-electron chi connectivity index (χ3n) is 7.07. The summed E-state index contributed by atoms with van der Waals surface area (Å²) < 4.78 is 1.72. The van der Waals surface area contributed by atoms with Crippen LogP contribution in [0.15, 0.2) is 24.7 Å². The molecule has 166 valence electrons. The molecule has 2 aliphatic rings. The summed E-state index contributed by atoms with van der Waals surface area (Å²) in [5.74, 6) is 1.27. The van der Waals surface area contributed by atoms with Gasteiger partial charge in [0.2, 0.25) is 5.91 Å². The molecule has 0 atom stereocenters. The van der Waals surface area contributed by atoms with Crippen LogP contribution in [0.3, 0.4) is 0 Å². The van der Waals surface area contributed by atoms with Crippen molar-refractivity contribution in [2.75, 3.05) is 31.1 Å². The Kier molecular flexibility index (Phi) is 5.33. The second kappa shape index (κ2) is 8.30. The van der Waals surface area contributed by atoms with E-state index in [1.54, 1.807) is 17.1 Å². The molecule has 0 spiro atoms. The number of rotatable bonds is 3. The number of aryl methyl sites for hydroxylation is 1. The lowest BCUT2D eigenvalue weighted by Gasteiger charge is -2.38. The third kappa shape index (κ3) is 3.62. The fraction of sp³-hybridized carbons (Fsp3) is 0.500. The Morgan fingerprint density at radius 2 is 1.94 bits per heavy atom. The molecule has 1 N–H and O–H groups in total. The monoisotopic (exact) mass is 431 g/mol. The SMILES string of the molecule is CC1CCC(C(=O)N2CCN(c3ccnc4[nH]c(-c5cnn(C)c5)c(C#N)c34)CC2)CC1. The van der Waals surface area contributed by atoms with Crippen molar-refractivity contribution in [2.45, 2.75) is 32.6 Å². The molecular formula is C24H29N7O. The van der Waals surface area contributed by atoms with Crippen molar-refractivity contribution >= 4 is 22.6 Å². The lowest BCUT2D eigenvalue weighted by Crippen LogP contribution is -2.50. The molecule has 0 aromatic carbocycles. The highest BCUT2D eigenvalue weighted by atomic mass is 16.2. The zero-order chi connectivity index (χ0) is 22.2. The van der Waals surface area contributed by atoms with E-state index in [0.29, 0.717) is 17.1 Å². The van der Waals surface area contributed by atoms with Gasteiger partial charge in [-0.2, -0.15) is 10.4 Å². The van der Waals surface area contributed by atoms with Crippen LogP contribution in [0.4, 0.5) is 5.69 Å². The topological polar surface area (TPSA) is 93.8 Å². The number of hydrogen-bond donors (Lipinski definition) is 1. The molecule has 1 aliphatic carbocycles. The molecule has 8 nitrogen and oxygen atoms in total. The number of fused-ring (bicyclic) bond motifs is 1. The highest BCUT2D eigenvalue weighted by molar-refractivity contribution is 6.00. The van der Waals surface area contributed by atoms with Crippen LogP contribution in [-0.4, -0.2) is 56.7 Å². The Hall–Kier alpha value is -3.34. The van der Waals surface area contributed by atoms with Crippen LogP contribution < -0.4 is 4.90 Å². The number of H-pyrrole nitrogens is 1. The predicted octanol–water partition coefficient (Wildman–Crippen LogP) is 3.31. The van der Waals surface area contributed by atoms with E-state index >= 15 is 0 Å². The van der Waals surface area contributed by atoms with Crippen LogP contribution >= 0.6 is 0 Å². The smallest absolute Gasteiger partial charge is 0.225 e. The fourth-order valence-electron chi connectivity index (χ4n) is 5.17. The summed E-state index contributed by atoms with van der Waals surface area (Å²) in [4.78, 5) is 25.1.